The number of hydrogen-bond donors (Lipinski definition) is 2. The summed E-state index contributed by atoms with van der Waals surface area (Å²) in [6, 6.07) is 15.1. The van der Waals surface area contributed by atoms with E-state index < -0.39 is 17.8 Å². The SMILES string of the molecule is N#Cc1cc(F)c(NC(Cc2ccc(-c3ccncc3)cc2)C(N)=O)cc1Br. The van der Waals surface area contributed by atoms with Gasteiger partial charge in [0.2, 0.25) is 5.91 Å². The van der Waals surface area contributed by atoms with E-state index in [1.807, 2.05) is 42.5 Å². The Morgan fingerprint density at radius 3 is 2.43 bits per heavy atom. The molecule has 0 radical (unpaired) electrons. The van der Waals surface area contributed by atoms with Gasteiger partial charge in [0.05, 0.1) is 11.3 Å². The van der Waals surface area contributed by atoms with Crippen molar-refractivity contribution in [3.05, 3.63) is 82.3 Å². The van der Waals surface area contributed by atoms with E-state index >= 15 is 0 Å². The van der Waals surface area contributed by atoms with Crippen molar-refractivity contribution in [2.75, 3.05) is 5.32 Å². The van der Waals surface area contributed by atoms with E-state index in [-0.39, 0.29) is 11.3 Å². The highest BCUT2D eigenvalue weighted by atomic mass is 79.9. The van der Waals surface area contributed by atoms with E-state index in [9.17, 15) is 9.18 Å². The molecule has 3 aromatic rings. The summed E-state index contributed by atoms with van der Waals surface area (Å²) in [5.41, 5.74) is 8.71. The maximum absolute atomic E-state index is 14.2. The molecule has 0 aliphatic heterocycles. The molecular formula is C21H16BrFN4O. The number of rotatable bonds is 6. The molecular weight excluding hydrogens is 423 g/mol. The summed E-state index contributed by atoms with van der Waals surface area (Å²) in [7, 11) is 0. The van der Waals surface area contributed by atoms with Gasteiger partial charge >= 0.3 is 0 Å². The van der Waals surface area contributed by atoms with Crippen molar-refractivity contribution in [3.8, 4) is 17.2 Å². The van der Waals surface area contributed by atoms with Gasteiger partial charge in [0.15, 0.2) is 0 Å². The minimum Gasteiger partial charge on any atom is -0.371 e. The molecule has 2 aromatic carbocycles. The summed E-state index contributed by atoms with van der Waals surface area (Å²) in [6.07, 6.45) is 3.74. The third kappa shape index (κ3) is 4.53. The lowest BCUT2D eigenvalue weighted by Crippen LogP contribution is -2.37. The van der Waals surface area contributed by atoms with E-state index in [0.717, 1.165) is 22.8 Å². The van der Waals surface area contributed by atoms with E-state index in [4.69, 9.17) is 11.0 Å². The van der Waals surface area contributed by atoms with Gasteiger partial charge in [0.1, 0.15) is 17.9 Å². The fourth-order valence-corrected chi connectivity index (χ4v) is 3.20. The quantitative estimate of drug-likeness (QED) is 0.607. The molecule has 1 aromatic heterocycles. The molecule has 3 rings (SSSR count). The van der Waals surface area contributed by atoms with Gasteiger partial charge in [-0.1, -0.05) is 24.3 Å². The fourth-order valence-electron chi connectivity index (χ4n) is 2.77. The molecule has 140 valence electrons. The van der Waals surface area contributed by atoms with Gasteiger partial charge in [-0.25, -0.2) is 4.39 Å². The van der Waals surface area contributed by atoms with Crippen molar-refractivity contribution >= 4 is 27.5 Å². The second-order valence-electron chi connectivity index (χ2n) is 6.16. The van der Waals surface area contributed by atoms with Crippen LogP contribution in [0, 0.1) is 17.1 Å². The minimum absolute atomic E-state index is 0.100. The molecule has 1 unspecified atom stereocenters. The van der Waals surface area contributed by atoms with E-state index in [1.54, 1.807) is 12.4 Å². The average molecular weight is 439 g/mol. The molecule has 0 bridgehead atoms. The van der Waals surface area contributed by atoms with Crippen LogP contribution >= 0.6 is 15.9 Å². The molecule has 0 saturated carbocycles. The third-order valence-electron chi connectivity index (χ3n) is 4.26. The molecule has 1 heterocycles. The topological polar surface area (TPSA) is 91.8 Å². The molecule has 28 heavy (non-hydrogen) atoms. The fraction of sp³-hybridized carbons (Fsp3) is 0.0952. The van der Waals surface area contributed by atoms with Crippen LogP contribution in [0.15, 0.2) is 65.4 Å². The van der Waals surface area contributed by atoms with Crippen LogP contribution in [0.5, 0.6) is 0 Å². The van der Waals surface area contributed by atoms with Crippen LogP contribution in [0.25, 0.3) is 11.1 Å². The molecule has 1 amide bonds. The van der Waals surface area contributed by atoms with Gasteiger partial charge < -0.3 is 11.1 Å². The van der Waals surface area contributed by atoms with E-state index in [2.05, 4.69) is 26.2 Å². The first kappa shape index (κ1) is 19.5. The zero-order valence-corrected chi connectivity index (χ0v) is 16.3. The molecule has 0 aliphatic carbocycles. The van der Waals surface area contributed by atoms with Gasteiger partial charge in [0, 0.05) is 23.3 Å². The van der Waals surface area contributed by atoms with E-state index in [0.29, 0.717) is 10.9 Å². The Morgan fingerprint density at radius 2 is 1.82 bits per heavy atom. The number of nitrogens with one attached hydrogen (secondary N) is 1. The predicted molar refractivity (Wildman–Crippen MR) is 109 cm³/mol. The van der Waals surface area contributed by atoms with Crippen molar-refractivity contribution in [1.82, 2.24) is 4.98 Å². The Morgan fingerprint density at radius 1 is 1.18 bits per heavy atom. The Hall–Kier alpha value is -3.24. The molecule has 0 saturated heterocycles. The van der Waals surface area contributed by atoms with Crippen molar-refractivity contribution in [2.24, 2.45) is 5.73 Å². The number of nitrogens with two attached hydrogens (primary N) is 1. The summed E-state index contributed by atoms with van der Waals surface area (Å²) in [5, 5.41) is 11.8. The molecule has 5 nitrogen and oxygen atoms in total. The second-order valence-corrected chi connectivity index (χ2v) is 7.01. The van der Waals surface area contributed by atoms with Crippen molar-refractivity contribution in [2.45, 2.75) is 12.5 Å². The number of halogens is 2. The lowest BCUT2D eigenvalue weighted by atomic mass is 10.0. The molecule has 0 fully saturated rings. The van der Waals surface area contributed by atoms with Gasteiger partial charge in [-0.05, 0) is 56.9 Å². The molecule has 0 spiro atoms. The smallest absolute Gasteiger partial charge is 0.240 e. The van der Waals surface area contributed by atoms with Crippen LogP contribution in [0.1, 0.15) is 11.1 Å². The summed E-state index contributed by atoms with van der Waals surface area (Å²) in [4.78, 5) is 15.9. The maximum Gasteiger partial charge on any atom is 0.240 e. The van der Waals surface area contributed by atoms with Gasteiger partial charge in [0.25, 0.3) is 0 Å². The summed E-state index contributed by atoms with van der Waals surface area (Å²) < 4.78 is 14.7. The Labute approximate surface area is 170 Å². The van der Waals surface area contributed by atoms with Crippen LogP contribution in [-0.4, -0.2) is 16.9 Å². The number of carbonyl (C=O) groups excluding carboxylic acids is 1. The molecule has 1 atom stereocenters. The van der Waals surface area contributed by atoms with Crippen molar-refractivity contribution < 1.29 is 9.18 Å². The van der Waals surface area contributed by atoms with Crippen molar-refractivity contribution in [3.63, 3.8) is 0 Å². The van der Waals surface area contributed by atoms with Crippen LogP contribution in [0.3, 0.4) is 0 Å². The number of pyridine rings is 1. The van der Waals surface area contributed by atoms with Gasteiger partial charge in [-0.15, -0.1) is 0 Å². The monoisotopic (exact) mass is 438 g/mol. The number of anilines is 1. The standard InChI is InChI=1S/C21H16BrFN4O/c22-17-11-19(18(23)10-16(17)12-24)27-20(21(25)28)9-13-1-3-14(4-2-13)15-5-7-26-8-6-15/h1-8,10-11,20,27H,9H2,(H2,25,28). The number of benzene rings is 2. The highest BCUT2D eigenvalue weighted by Crippen LogP contribution is 2.26. The Bertz CT molecular complexity index is 1030. The zero-order valence-electron chi connectivity index (χ0n) is 14.7. The normalized spacial score (nSPS) is 11.5. The number of nitrogens with zero attached hydrogens (tertiary/aromatic N) is 2. The lowest BCUT2D eigenvalue weighted by molar-refractivity contribution is -0.118. The summed E-state index contributed by atoms with van der Waals surface area (Å²) >= 11 is 3.22. The third-order valence-corrected chi connectivity index (χ3v) is 4.91. The highest BCUT2D eigenvalue weighted by molar-refractivity contribution is 9.10. The van der Waals surface area contributed by atoms with Crippen LogP contribution in [0.2, 0.25) is 0 Å². The van der Waals surface area contributed by atoms with Crippen LogP contribution < -0.4 is 11.1 Å². The number of amides is 1. The first-order valence-corrected chi connectivity index (χ1v) is 9.21. The number of aromatic nitrogens is 1. The van der Waals surface area contributed by atoms with Gasteiger partial charge in [-0.3, -0.25) is 9.78 Å². The van der Waals surface area contributed by atoms with Gasteiger partial charge in [-0.2, -0.15) is 5.26 Å². The molecule has 0 aliphatic rings. The lowest BCUT2D eigenvalue weighted by Gasteiger charge is -2.18. The average Bonchev–Trinajstić information content (AvgIpc) is 2.71. The van der Waals surface area contributed by atoms with E-state index in [1.165, 1.54) is 6.07 Å². The number of primary amides is 1. The van der Waals surface area contributed by atoms with Crippen LogP contribution in [0.4, 0.5) is 10.1 Å². The second kappa shape index (κ2) is 8.63. The summed E-state index contributed by atoms with van der Waals surface area (Å²) in [5.74, 6) is -1.22. The minimum atomic E-state index is -0.805. The predicted octanol–water partition coefficient (Wildman–Crippen LogP) is 4.03. The maximum atomic E-state index is 14.2. The number of hydrogen-bond acceptors (Lipinski definition) is 4. The Kier molecular flexibility index (Phi) is 6.02. The zero-order chi connectivity index (χ0) is 20.1. The molecule has 7 heteroatoms. The molecule has 3 N–H and O–H groups in total. The first-order valence-electron chi connectivity index (χ1n) is 8.42. The highest BCUT2D eigenvalue weighted by Gasteiger charge is 2.19. The number of nitriles is 1. The Balaban J connectivity index is 1.78. The van der Waals surface area contributed by atoms with Crippen LogP contribution in [-0.2, 0) is 11.2 Å². The first-order chi connectivity index (χ1) is 13.5. The largest absolute Gasteiger partial charge is 0.371 e. The summed E-state index contributed by atoms with van der Waals surface area (Å²) in [6.45, 7) is 0. The van der Waals surface area contributed by atoms with Crippen molar-refractivity contribution in [1.29, 1.82) is 5.26 Å². The number of carbonyl (C=O) groups is 1.